The molecule has 3 rings (SSSR count). The predicted molar refractivity (Wildman–Crippen MR) is 79.7 cm³/mol. The Morgan fingerprint density at radius 2 is 1.90 bits per heavy atom. The number of anilines is 1. The number of benzene rings is 2. The van der Waals surface area contributed by atoms with Crippen molar-refractivity contribution in [2.75, 3.05) is 18.5 Å². The quantitative estimate of drug-likeness (QED) is 0.902. The summed E-state index contributed by atoms with van der Waals surface area (Å²) in [6, 6.07) is 13.0. The zero-order chi connectivity index (χ0) is 14.7. The number of rotatable bonds is 4. The topological polar surface area (TPSA) is 73.6 Å². The molecular weight excluding hydrogens is 268 g/mol. The third-order valence-corrected chi connectivity index (χ3v) is 3.25. The Bertz CT molecular complexity index is 670. The first-order valence-electron chi connectivity index (χ1n) is 6.74. The van der Waals surface area contributed by atoms with Crippen molar-refractivity contribution in [2.45, 2.75) is 6.54 Å². The van der Waals surface area contributed by atoms with Crippen molar-refractivity contribution >= 4 is 11.6 Å². The van der Waals surface area contributed by atoms with Crippen molar-refractivity contribution in [1.82, 2.24) is 0 Å². The number of nitrogens with two attached hydrogens (primary N) is 1. The van der Waals surface area contributed by atoms with Gasteiger partial charge in [0, 0.05) is 17.8 Å². The predicted octanol–water partition coefficient (Wildman–Crippen LogP) is 2.17. The second kappa shape index (κ2) is 5.75. The van der Waals surface area contributed by atoms with E-state index in [0.717, 1.165) is 22.7 Å². The maximum atomic E-state index is 11.2. The van der Waals surface area contributed by atoms with Crippen molar-refractivity contribution in [1.29, 1.82) is 0 Å². The van der Waals surface area contributed by atoms with Crippen LogP contribution in [0.5, 0.6) is 11.5 Å². The van der Waals surface area contributed by atoms with E-state index < -0.39 is 5.91 Å². The van der Waals surface area contributed by atoms with Gasteiger partial charge in [-0.2, -0.15) is 0 Å². The van der Waals surface area contributed by atoms with Crippen LogP contribution in [0.3, 0.4) is 0 Å². The number of hydrogen-bond donors (Lipinski definition) is 2. The molecule has 0 unspecified atom stereocenters. The van der Waals surface area contributed by atoms with Gasteiger partial charge < -0.3 is 20.5 Å². The molecule has 3 N–H and O–H groups in total. The van der Waals surface area contributed by atoms with Crippen LogP contribution in [0.1, 0.15) is 15.9 Å². The zero-order valence-corrected chi connectivity index (χ0v) is 11.5. The van der Waals surface area contributed by atoms with Crippen LogP contribution in [0, 0.1) is 0 Å². The Balaban J connectivity index is 1.70. The zero-order valence-electron chi connectivity index (χ0n) is 11.5. The van der Waals surface area contributed by atoms with Gasteiger partial charge in [0.05, 0.1) is 0 Å². The molecule has 0 atom stereocenters. The van der Waals surface area contributed by atoms with E-state index in [4.69, 9.17) is 15.2 Å². The molecule has 108 valence electrons. The number of primary amides is 1. The Labute approximate surface area is 122 Å². The third kappa shape index (κ3) is 3.08. The average Bonchev–Trinajstić information content (AvgIpc) is 2.53. The summed E-state index contributed by atoms with van der Waals surface area (Å²) in [5.41, 5.74) is 7.68. The first-order chi connectivity index (χ1) is 10.2. The monoisotopic (exact) mass is 284 g/mol. The lowest BCUT2D eigenvalue weighted by Gasteiger charge is -2.19. The molecule has 1 heterocycles. The molecule has 0 aliphatic carbocycles. The summed E-state index contributed by atoms with van der Waals surface area (Å²) < 4.78 is 11.0. The highest BCUT2D eigenvalue weighted by molar-refractivity contribution is 5.93. The van der Waals surface area contributed by atoms with Gasteiger partial charge in [-0.15, -0.1) is 0 Å². The summed E-state index contributed by atoms with van der Waals surface area (Å²) in [7, 11) is 0. The fraction of sp³-hybridized carbons (Fsp3) is 0.188. The Morgan fingerprint density at radius 1 is 1.10 bits per heavy atom. The lowest BCUT2D eigenvalue weighted by Crippen LogP contribution is -2.15. The van der Waals surface area contributed by atoms with Crippen molar-refractivity contribution < 1.29 is 14.3 Å². The van der Waals surface area contributed by atoms with E-state index in [9.17, 15) is 4.79 Å². The fourth-order valence-corrected chi connectivity index (χ4v) is 2.18. The van der Waals surface area contributed by atoms with Gasteiger partial charge in [-0.3, -0.25) is 4.79 Å². The normalized spacial score (nSPS) is 12.8. The van der Waals surface area contributed by atoms with Gasteiger partial charge in [0.15, 0.2) is 11.5 Å². The highest BCUT2D eigenvalue weighted by Gasteiger charge is 2.11. The largest absolute Gasteiger partial charge is 0.486 e. The molecule has 0 radical (unpaired) electrons. The molecule has 0 spiro atoms. The number of hydrogen-bond acceptors (Lipinski definition) is 4. The van der Waals surface area contributed by atoms with Crippen LogP contribution in [-0.2, 0) is 6.54 Å². The first kappa shape index (κ1) is 13.3. The van der Waals surface area contributed by atoms with E-state index in [0.29, 0.717) is 25.3 Å². The number of amides is 1. The van der Waals surface area contributed by atoms with Gasteiger partial charge in [-0.25, -0.2) is 0 Å². The first-order valence-corrected chi connectivity index (χ1v) is 6.74. The second-order valence-electron chi connectivity index (χ2n) is 4.78. The third-order valence-electron chi connectivity index (χ3n) is 3.25. The SMILES string of the molecule is NC(=O)c1cccc(NCc2ccc3c(c2)OCCO3)c1. The van der Waals surface area contributed by atoms with Gasteiger partial charge in [-0.1, -0.05) is 12.1 Å². The van der Waals surface area contributed by atoms with E-state index in [1.807, 2.05) is 24.3 Å². The summed E-state index contributed by atoms with van der Waals surface area (Å²) in [6.07, 6.45) is 0. The molecule has 0 saturated carbocycles. The second-order valence-corrected chi connectivity index (χ2v) is 4.78. The van der Waals surface area contributed by atoms with Gasteiger partial charge in [0.2, 0.25) is 5.91 Å². The smallest absolute Gasteiger partial charge is 0.248 e. The van der Waals surface area contributed by atoms with Crippen molar-refractivity contribution in [3.05, 3.63) is 53.6 Å². The Hall–Kier alpha value is -2.69. The lowest BCUT2D eigenvalue weighted by atomic mass is 10.1. The van der Waals surface area contributed by atoms with E-state index in [2.05, 4.69) is 5.32 Å². The maximum absolute atomic E-state index is 11.2. The summed E-state index contributed by atoms with van der Waals surface area (Å²) in [5, 5.41) is 3.26. The molecule has 21 heavy (non-hydrogen) atoms. The molecule has 1 aliphatic rings. The minimum atomic E-state index is -0.432. The molecule has 0 bridgehead atoms. The molecule has 1 aliphatic heterocycles. The van der Waals surface area contributed by atoms with Gasteiger partial charge in [-0.05, 0) is 35.9 Å². The summed E-state index contributed by atoms with van der Waals surface area (Å²) in [6.45, 7) is 1.79. The number of nitrogens with one attached hydrogen (secondary N) is 1. The Morgan fingerprint density at radius 3 is 2.71 bits per heavy atom. The van der Waals surface area contributed by atoms with E-state index in [1.54, 1.807) is 18.2 Å². The van der Waals surface area contributed by atoms with Gasteiger partial charge in [0.25, 0.3) is 0 Å². The van der Waals surface area contributed by atoms with Crippen LogP contribution in [0.25, 0.3) is 0 Å². The number of carbonyl (C=O) groups excluding carboxylic acids is 1. The maximum Gasteiger partial charge on any atom is 0.248 e. The van der Waals surface area contributed by atoms with Crippen molar-refractivity contribution in [3.8, 4) is 11.5 Å². The average molecular weight is 284 g/mol. The van der Waals surface area contributed by atoms with Crippen LogP contribution in [0.15, 0.2) is 42.5 Å². The highest BCUT2D eigenvalue weighted by Crippen LogP contribution is 2.30. The molecular formula is C16H16N2O3. The minimum absolute atomic E-state index is 0.432. The number of carbonyl (C=O) groups is 1. The van der Waals surface area contributed by atoms with Crippen LogP contribution in [-0.4, -0.2) is 19.1 Å². The van der Waals surface area contributed by atoms with E-state index >= 15 is 0 Å². The summed E-state index contributed by atoms with van der Waals surface area (Å²) >= 11 is 0. The van der Waals surface area contributed by atoms with Crippen molar-refractivity contribution in [2.24, 2.45) is 5.73 Å². The molecule has 5 nitrogen and oxygen atoms in total. The fourth-order valence-electron chi connectivity index (χ4n) is 2.18. The van der Waals surface area contributed by atoms with Crippen molar-refractivity contribution in [3.63, 3.8) is 0 Å². The highest BCUT2D eigenvalue weighted by atomic mass is 16.6. The standard InChI is InChI=1S/C16H16N2O3/c17-16(19)12-2-1-3-13(9-12)18-10-11-4-5-14-15(8-11)21-7-6-20-14/h1-5,8-9,18H,6-7,10H2,(H2,17,19). The van der Waals surface area contributed by atoms with Crippen LogP contribution in [0.2, 0.25) is 0 Å². The molecule has 2 aromatic carbocycles. The van der Waals surface area contributed by atoms with Crippen LogP contribution in [0.4, 0.5) is 5.69 Å². The molecule has 1 amide bonds. The van der Waals surface area contributed by atoms with E-state index in [-0.39, 0.29) is 0 Å². The van der Waals surface area contributed by atoms with E-state index in [1.165, 1.54) is 0 Å². The number of ether oxygens (including phenoxy) is 2. The van der Waals surface area contributed by atoms with Gasteiger partial charge in [0.1, 0.15) is 13.2 Å². The molecule has 5 heteroatoms. The molecule has 0 fully saturated rings. The molecule has 2 aromatic rings. The molecule has 0 aromatic heterocycles. The summed E-state index contributed by atoms with van der Waals surface area (Å²) in [5.74, 6) is 1.12. The summed E-state index contributed by atoms with van der Waals surface area (Å²) in [4.78, 5) is 11.2. The number of fused-ring (bicyclic) bond motifs is 1. The van der Waals surface area contributed by atoms with Gasteiger partial charge >= 0.3 is 0 Å². The molecule has 0 saturated heterocycles. The lowest BCUT2D eigenvalue weighted by molar-refractivity contribution is 0.100. The Kier molecular flexibility index (Phi) is 3.64. The van der Waals surface area contributed by atoms with Crippen LogP contribution < -0.4 is 20.5 Å². The van der Waals surface area contributed by atoms with Crippen LogP contribution >= 0.6 is 0 Å². The minimum Gasteiger partial charge on any atom is -0.486 e.